The number of nitrogens with zero attached hydrogens (tertiary/aromatic N) is 1. The number of anilines is 1. The maximum atomic E-state index is 12.3. The lowest BCUT2D eigenvalue weighted by Crippen LogP contribution is -2.20. The first-order valence-electron chi connectivity index (χ1n) is 9.82. The molecule has 3 rings (SSSR count). The van der Waals surface area contributed by atoms with E-state index in [9.17, 15) is 9.59 Å². The van der Waals surface area contributed by atoms with Crippen molar-refractivity contribution in [3.63, 3.8) is 0 Å². The molecule has 0 aromatic heterocycles. The SMILES string of the molecule is COc1ccc(C(=O)N/N=C/c2ccc(OCC(=O)Nc3cccc(Cl)c3)cc2)cc1OC. The summed E-state index contributed by atoms with van der Waals surface area (Å²) in [4.78, 5) is 24.3. The molecule has 8 nitrogen and oxygen atoms in total. The van der Waals surface area contributed by atoms with Crippen LogP contribution in [0.25, 0.3) is 0 Å². The highest BCUT2D eigenvalue weighted by Gasteiger charge is 2.10. The van der Waals surface area contributed by atoms with Crippen LogP contribution in [-0.2, 0) is 4.79 Å². The molecule has 3 aromatic rings. The van der Waals surface area contributed by atoms with Crippen molar-refractivity contribution in [2.45, 2.75) is 0 Å². The van der Waals surface area contributed by atoms with Crippen LogP contribution in [0.3, 0.4) is 0 Å². The van der Waals surface area contributed by atoms with Crippen LogP contribution in [0.4, 0.5) is 5.69 Å². The molecule has 0 fully saturated rings. The van der Waals surface area contributed by atoms with E-state index in [-0.39, 0.29) is 12.5 Å². The Morgan fingerprint density at radius 1 is 0.970 bits per heavy atom. The molecule has 170 valence electrons. The summed E-state index contributed by atoms with van der Waals surface area (Å²) < 4.78 is 15.8. The smallest absolute Gasteiger partial charge is 0.271 e. The van der Waals surface area contributed by atoms with E-state index < -0.39 is 5.91 Å². The van der Waals surface area contributed by atoms with E-state index >= 15 is 0 Å². The van der Waals surface area contributed by atoms with Crippen molar-refractivity contribution >= 4 is 35.3 Å². The Hall–Kier alpha value is -4.04. The van der Waals surface area contributed by atoms with Gasteiger partial charge in [-0.2, -0.15) is 5.10 Å². The summed E-state index contributed by atoms with van der Waals surface area (Å²) in [6, 6.07) is 18.6. The topological polar surface area (TPSA) is 98.3 Å². The van der Waals surface area contributed by atoms with Crippen molar-refractivity contribution in [2.75, 3.05) is 26.1 Å². The van der Waals surface area contributed by atoms with Crippen LogP contribution < -0.4 is 25.0 Å². The van der Waals surface area contributed by atoms with E-state index in [1.54, 1.807) is 66.7 Å². The molecule has 9 heteroatoms. The Bertz CT molecular complexity index is 1150. The van der Waals surface area contributed by atoms with Crippen molar-refractivity contribution in [1.29, 1.82) is 0 Å². The zero-order valence-electron chi connectivity index (χ0n) is 18.0. The minimum atomic E-state index is -0.391. The summed E-state index contributed by atoms with van der Waals surface area (Å²) in [6.07, 6.45) is 1.49. The normalized spacial score (nSPS) is 10.5. The molecule has 2 N–H and O–H groups in total. The Morgan fingerprint density at radius 2 is 1.73 bits per heavy atom. The lowest BCUT2D eigenvalue weighted by atomic mass is 10.2. The number of carbonyl (C=O) groups is 2. The molecule has 0 aliphatic heterocycles. The van der Waals surface area contributed by atoms with E-state index in [1.165, 1.54) is 20.4 Å². The number of hydrogen-bond donors (Lipinski definition) is 2. The number of ether oxygens (including phenoxy) is 3. The van der Waals surface area contributed by atoms with Gasteiger partial charge in [0, 0.05) is 16.3 Å². The van der Waals surface area contributed by atoms with Gasteiger partial charge < -0.3 is 19.5 Å². The molecule has 3 aromatic carbocycles. The van der Waals surface area contributed by atoms with Crippen LogP contribution in [0.1, 0.15) is 15.9 Å². The van der Waals surface area contributed by atoms with Crippen molar-refractivity contribution < 1.29 is 23.8 Å². The summed E-state index contributed by atoms with van der Waals surface area (Å²) in [5.74, 6) is 0.800. The van der Waals surface area contributed by atoms with Crippen LogP contribution in [0.15, 0.2) is 71.8 Å². The molecule has 33 heavy (non-hydrogen) atoms. The molecule has 0 saturated carbocycles. The molecular weight excluding hydrogens is 446 g/mol. The molecule has 0 spiro atoms. The van der Waals surface area contributed by atoms with E-state index in [2.05, 4.69) is 15.8 Å². The van der Waals surface area contributed by atoms with E-state index in [4.69, 9.17) is 25.8 Å². The molecule has 0 bridgehead atoms. The standard InChI is InChI=1S/C24H22ClN3O5/c1-31-21-11-8-17(12-22(21)32-2)24(30)28-26-14-16-6-9-20(10-7-16)33-15-23(29)27-19-5-3-4-18(25)13-19/h3-14H,15H2,1-2H3,(H,27,29)(H,28,30)/b26-14+. The second kappa shape index (κ2) is 11.5. The average Bonchev–Trinajstić information content (AvgIpc) is 2.83. The van der Waals surface area contributed by atoms with Gasteiger partial charge in [0.15, 0.2) is 18.1 Å². The molecule has 0 atom stereocenters. The summed E-state index contributed by atoms with van der Waals surface area (Å²) in [7, 11) is 3.02. The fourth-order valence-electron chi connectivity index (χ4n) is 2.77. The van der Waals surface area contributed by atoms with Gasteiger partial charge in [0.2, 0.25) is 0 Å². The summed E-state index contributed by atoms with van der Waals surface area (Å²) in [5.41, 5.74) is 4.17. The Labute approximate surface area is 196 Å². The Balaban J connectivity index is 1.48. The number of nitrogens with one attached hydrogen (secondary N) is 2. The summed E-state index contributed by atoms with van der Waals surface area (Å²) in [6.45, 7) is -0.151. The van der Waals surface area contributed by atoms with Gasteiger partial charge in [-0.3, -0.25) is 9.59 Å². The van der Waals surface area contributed by atoms with E-state index in [1.807, 2.05) is 0 Å². The number of hydrazone groups is 1. The van der Waals surface area contributed by atoms with Gasteiger partial charge in [-0.05, 0) is 66.2 Å². The first-order valence-corrected chi connectivity index (χ1v) is 10.2. The lowest BCUT2D eigenvalue weighted by Gasteiger charge is -2.08. The Morgan fingerprint density at radius 3 is 2.42 bits per heavy atom. The van der Waals surface area contributed by atoms with Gasteiger partial charge in [-0.15, -0.1) is 0 Å². The van der Waals surface area contributed by atoms with Crippen LogP contribution in [-0.4, -0.2) is 38.9 Å². The lowest BCUT2D eigenvalue weighted by molar-refractivity contribution is -0.118. The van der Waals surface area contributed by atoms with Crippen LogP contribution in [0.2, 0.25) is 5.02 Å². The largest absolute Gasteiger partial charge is 0.493 e. The molecule has 0 saturated heterocycles. The van der Waals surface area contributed by atoms with E-state index in [0.717, 1.165) is 5.56 Å². The molecule has 0 aliphatic rings. The van der Waals surface area contributed by atoms with Gasteiger partial charge in [0.25, 0.3) is 11.8 Å². The highest BCUT2D eigenvalue weighted by molar-refractivity contribution is 6.30. The third-order valence-corrected chi connectivity index (χ3v) is 4.62. The monoisotopic (exact) mass is 467 g/mol. The first-order chi connectivity index (χ1) is 16.0. The summed E-state index contributed by atoms with van der Waals surface area (Å²) in [5, 5.41) is 7.20. The van der Waals surface area contributed by atoms with Gasteiger partial charge in [0.1, 0.15) is 5.75 Å². The van der Waals surface area contributed by atoms with Gasteiger partial charge in [-0.1, -0.05) is 17.7 Å². The van der Waals surface area contributed by atoms with Crippen molar-refractivity contribution in [2.24, 2.45) is 5.10 Å². The Kier molecular flexibility index (Phi) is 8.26. The van der Waals surface area contributed by atoms with Crippen molar-refractivity contribution in [3.8, 4) is 17.2 Å². The van der Waals surface area contributed by atoms with Crippen molar-refractivity contribution in [3.05, 3.63) is 82.9 Å². The molecule has 2 amide bonds. The minimum absolute atomic E-state index is 0.151. The number of carbonyl (C=O) groups excluding carboxylic acids is 2. The predicted octanol–water partition coefficient (Wildman–Crippen LogP) is 4.14. The number of halogens is 1. The number of hydrogen-bond acceptors (Lipinski definition) is 6. The van der Waals surface area contributed by atoms with Gasteiger partial charge in [-0.25, -0.2) is 5.43 Å². The highest BCUT2D eigenvalue weighted by atomic mass is 35.5. The first kappa shape index (κ1) is 23.6. The molecular formula is C24H22ClN3O5. The molecule has 0 aliphatic carbocycles. The third-order valence-electron chi connectivity index (χ3n) is 4.38. The van der Waals surface area contributed by atoms with Gasteiger partial charge >= 0.3 is 0 Å². The molecule has 0 heterocycles. The minimum Gasteiger partial charge on any atom is -0.493 e. The number of rotatable bonds is 9. The highest BCUT2D eigenvalue weighted by Crippen LogP contribution is 2.27. The van der Waals surface area contributed by atoms with E-state index in [0.29, 0.717) is 33.5 Å². The maximum Gasteiger partial charge on any atom is 0.271 e. The van der Waals surface area contributed by atoms with Crippen LogP contribution in [0, 0.1) is 0 Å². The number of amides is 2. The van der Waals surface area contributed by atoms with Crippen LogP contribution in [0.5, 0.6) is 17.2 Å². The maximum absolute atomic E-state index is 12.3. The zero-order chi connectivity index (χ0) is 23.6. The fourth-order valence-corrected chi connectivity index (χ4v) is 2.96. The summed E-state index contributed by atoms with van der Waals surface area (Å²) >= 11 is 5.90. The molecule has 0 unspecified atom stereocenters. The average molecular weight is 468 g/mol. The zero-order valence-corrected chi connectivity index (χ0v) is 18.8. The van der Waals surface area contributed by atoms with Crippen LogP contribution >= 0.6 is 11.6 Å². The predicted molar refractivity (Wildman–Crippen MR) is 127 cm³/mol. The fraction of sp³-hybridized carbons (Fsp3) is 0.125. The number of methoxy groups -OCH3 is 2. The van der Waals surface area contributed by atoms with Gasteiger partial charge in [0.05, 0.1) is 20.4 Å². The second-order valence-corrected chi connectivity index (χ2v) is 7.12. The van der Waals surface area contributed by atoms with Crippen molar-refractivity contribution in [1.82, 2.24) is 5.43 Å². The second-order valence-electron chi connectivity index (χ2n) is 6.69. The third kappa shape index (κ3) is 6.98. The quantitative estimate of drug-likeness (QED) is 0.364. The number of benzene rings is 3. The molecule has 0 radical (unpaired) electrons.